The number of fused-ring (bicyclic) bond motifs is 1. The molecule has 1 saturated carbocycles. The van der Waals surface area contributed by atoms with E-state index < -0.39 is 0 Å². The van der Waals surface area contributed by atoms with Crippen LogP contribution in [0.25, 0.3) is 11.2 Å². The van der Waals surface area contributed by atoms with Gasteiger partial charge >= 0.3 is 0 Å². The fraction of sp³-hybridized carbons (Fsp3) is 0.571. The van der Waals surface area contributed by atoms with E-state index in [0.717, 1.165) is 29.8 Å². The highest BCUT2D eigenvalue weighted by Gasteiger charge is 2.32. The first-order valence-electron chi connectivity index (χ1n) is 6.66. The van der Waals surface area contributed by atoms with E-state index in [-0.39, 0.29) is 11.4 Å². The molecule has 18 heavy (non-hydrogen) atoms. The first-order chi connectivity index (χ1) is 8.60. The van der Waals surface area contributed by atoms with Crippen molar-refractivity contribution in [3.8, 4) is 5.88 Å². The number of hydrogen-bond donors (Lipinski definition) is 1. The monoisotopic (exact) mass is 245 g/mol. The highest BCUT2D eigenvalue weighted by molar-refractivity contribution is 5.72. The van der Waals surface area contributed by atoms with Crippen molar-refractivity contribution in [2.45, 2.75) is 51.5 Å². The van der Waals surface area contributed by atoms with Crippen LogP contribution in [0, 0.1) is 6.92 Å². The lowest BCUT2D eigenvalue weighted by atomic mass is 9.83. The molecule has 0 unspecified atom stereocenters. The van der Waals surface area contributed by atoms with Gasteiger partial charge in [0.1, 0.15) is 11.3 Å². The Morgan fingerprint density at radius 1 is 1.17 bits per heavy atom. The summed E-state index contributed by atoms with van der Waals surface area (Å²) in [6, 6.07) is 3.44. The molecule has 0 aliphatic heterocycles. The largest absolute Gasteiger partial charge is 0.493 e. The Bertz CT molecular complexity index is 582. The van der Waals surface area contributed by atoms with E-state index in [2.05, 4.69) is 21.5 Å². The van der Waals surface area contributed by atoms with Crippen molar-refractivity contribution in [1.82, 2.24) is 14.5 Å². The number of rotatable bonds is 1. The maximum Gasteiger partial charge on any atom is 0.212 e. The highest BCUT2D eigenvalue weighted by Crippen LogP contribution is 2.37. The Morgan fingerprint density at radius 2 is 1.89 bits per heavy atom. The molecule has 4 nitrogen and oxygen atoms in total. The molecule has 0 radical (unpaired) electrons. The molecule has 1 fully saturated rings. The van der Waals surface area contributed by atoms with Gasteiger partial charge in [-0.15, -0.1) is 0 Å². The molecular weight excluding hydrogens is 226 g/mol. The van der Waals surface area contributed by atoms with E-state index in [0.29, 0.717) is 0 Å². The average molecular weight is 245 g/mol. The smallest absolute Gasteiger partial charge is 0.212 e. The quantitative estimate of drug-likeness (QED) is 0.839. The zero-order chi connectivity index (χ0) is 12.8. The highest BCUT2D eigenvalue weighted by atomic mass is 16.3. The van der Waals surface area contributed by atoms with Crippen LogP contribution in [0.15, 0.2) is 12.1 Å². The maximum atomic E-state index is 9.59. The van der Waals surface area contributed by atoms with Gasteiger partial charge in [0, 0.05) is 11.6 Å². The lowest BCUT2D eigenvalue weighted by Crippen LogP contribution is -2.33. The van der Waals surface area contributed by atoms with E-state index in [1.54, 1.807) is 6.07 Å². The van der Waals surface area contributed by atoms with E-state index in [4.69, 9.17) is 0 Å². The molecule has 0 saturated heterocycles. The van der Waals surface area contributed by atoms with E-state index >= 15 is 0 Å². The molecule has 1 aliphatic rings. The molecule has 0 amide bonds. The molecule has 0 atom stereocenters. The summed E-state index contributed by atoms with van der Waals surface area (Å²) in [7, 11) is 0. The topological polar surface area (TPSA) is 50.9 Å². The Morgan fingerprint density at radius 3 is 2.61 bits per heavy atom. The molecule has 3 rings (SSSR count). The van der Waals surface area contributed by atoms with Crippen LogP contribution >= 0.6 is 0 Å². The summed E-state index contributed by atoms with van der Waals surface area (Å²) in [6.07, 6.45) is 6.16. The van der Waals surface area contributed by atoms with Crippen LogP contribution in [0.1, 0.15) is 44.9 Å². The zero-order valence-corrected chi connectivity index (χ0v) is 11.0. The van der Waals surface area contributed by atoms with Crippen molar-refractivity contribution in [3.63, 3.8) is 0 Å². The SMILES string of the molecule is Cc1nc2ccc(O)nc2n1C1(C)CCCCC1. The predicted octanol–water partition coefficient (Wildman–Crippen LogP) is 3.12. The number of aryl methyl sites for hydroxylation is 1. The number of aromatic nitrogens is 3. The van der Waals surface area contributed by atoms with E-state index in [1.165, 1.54) is 19.3 Å². The van der Waals surface area contributed by atoms with Gasteiger partial charge in [0.05, 0.1) is 0 Å². The third kappa shape index (κ3) is 1.67. The summed E-state index contributed by atoms with van der Waals surface area (Å²) in [6.45, 7) is 4.31. The van der Waals surface area contributed by atoms with Crippen LogP contribution in [0.4, 0.5) is 0 Å². The molecular formula is C14H19N3O. The average Bonchev–Trinajstić information content (AvgIpc) is 2.66. The molecule has 1 N–H and O–H groups in total. The Hall–Kier alpha value is -1.58. The molecule has 4 heteroatoms. The minimum atomic E-state index is 0.0723. The fourth-order valence-corrected chi connectivity index (χ4v) is 3.24. The van der Waals surface area contributed by atoms with Gasteiger partial charge in [-0.1, -0.05) is 19.3 Å². The number of aromatic hydroxyl groups is 1. The van der Waals surface area contributed by atoms with Gasteiger partial charge in [-0.3, -0.25) is 0 Å². The maximum absolute atomic E-state index is 9.59. The van der Waals surface area contributed by atoms with Crippen molar-refractivity contribution in [2.75, 3.05) is 0 Å². The third-order valence-electron chi connectivity index (χ3n) is 4.13. The first-order valence-corrected chi connectivity index (χ1v) is 6.66. The summed E-state index contributed by atoms with van der Waals surface area (Å²) in [5, 5.41) is 9.59. The van der Waals surface area contributed by atoms with Crippen molar-refractivity contribution >= 4 is 11.2 Å². The van der Waals surface area contributed by atoms with Crippen LogP contribution < -0.4 is 0 Å². The Kier molecular flexibility index (Phi) is 2.54. The van der Waals surface area contributed by atoms with Crippen LogP contribution in [-0.2, 0) is 5.54 Å². The van der Waals surface area contributed by atoms with Gasteiger partial charge in [-0.25, -0.2) is 4.98 Å². The molecule has 96 valence electrons. The van der Waals surface area contributed by atoms with Crippen LogP contribution in [0.5, 0.6) is 5.88 Å². The standard InChI is InChI=1S/C14H19N3O/c1-10-15-11-6-7-12(18)16-13(11)17(10)14(2)8-4-3-5-9-14/h6-7H,3-5,8-9H2,1-2H3,(H,16,18). The fourth-order valence-electron chi connectivity index (χ4n) is 3.24. The number of nitrogens with zero attached hydrogens (tertiary/aromatic N) is 3. The van der Waals surface area contributed by atoms with Crippen molar-refractivity contribution < 1.29 is 5.11 Å². The molecule has 0 bridgehead atoms. The lowest BCUT2D eigenvalue weighted by Gasteiger charge is -2.36. The summed E-state index contributed by atoms with van der Waals surface area (Å²) in [4.78, 5) is 8.84. The molecule has 0 spiro atoms. The summed E-state index contributed by atoms with van der Waals surface area (Å²) in [5.74, 6) is 1.07. The second-order valence-electron chi connectivity index (χ2n) is 5.56. The van der Waals surface area contributed by atoms with Crippen molar-refractivity contribution in [3.05, 3.63) is 18.0 Å². The van der Waals surface area contributed by atoms with E-state index in [9.17, 15) is 5.11 Å². The minimum absolute atomic E-state index is 0.0723. The van der Waals surface area contributed by atoms with Crippen LogP contribution in [-0.4, -0.2) is 19.6 Å². The molecule has 1 aliphatic carbocycles. The molecule has 2 heterocycles. The second-order valence-corrected chi connectivity index (χ2v) is 5.56. The van der Waals surface area contributed by atoms with Gasteiger partial charge in [-0.05, 0) is 32.8 Å². The molecule has 2 aromatic rings. The number of pyridine rings is 1. The minimum Gasteiger partial charge on any atom is -0.493 e. The van der Waals surface area contributed by atoms with Gasteiger partial charge in [-0.2, -0.15) is 4.98 Å². The number of imidazole rings is 1. The third-order valence-corrected chi connectivity index (χ3v) is 4.13. The predicted molar refractivity (Wildman–Crippen MR) is 70.7 cm³/mol. The van der Waals surface area contributed by atoms with Crippen LogP contribution in [0.3, 0.4) is 0 Å². The zero-order valence-electron chi connectivity index (χ0n) is 11.0. The van der Waals surface area contributed by atoms with E-state index in [1.807, 2.05) is 13.0 Å². The lowest BCUT2D eigenvalue weighted by molar-refractivity contribution is 0.220. The Labute approximate surface area is 107 Å². The van der Waals surface area contributed by atoms with Crippen molar-refractivity contribution in [2.24, 2.45) is 0 Å². The summed E-state index contributed by atoms with van der Waals surface area (Å²) >= 11 is 0. The van der Waals surface area contributed by atoms with Gasteiger partial charge in [0.25, 0.3) is 0 Å². The first kappa shape index (κ1) is 11.5. The van der Waals surface area contributed by atoms with Gasteiger partial charge in [0.2, 0.25) is 5.88 Å². The summed E-state index contributed by atoms with van der Waals surface area (Å²) in [5.41, 5.74) is 1.78. The van der Waals surface area contributed by atoms with Crippen molar-refractivity contribution in [1.29, 1.82) is 0 Å². The normalized spacial score (nSPS) is 19.2. The Balaban J connectivity index is 2.20. The van der Waals surface area contributed by atoms with Gasteiger partial charge in [0.15, 0.2) is 5.65 Å². The van der Waals surface area contributed by atoms with Crippen LogP contribution in [0.2, 0.25) is 0 Å². The molecule has 0 aromatic carbocycles. The second kappa shape index (κ2) is 3.97. The summed E-state index contributed by atoms with van der Waals surface area (Å²) < 4.78 is 2.22. The number of hydrogen-bond acceptors (Lipinski definition) is 3. The molecule has 2 aromatic heterocycles. The van der Waals surface area contributed by atoms with Gasteiger partial charge < -0.3 is 9.67 Å².